The molecule has 0 saturated carbocycles. The highest BCUT2D eigenvalue weighted by molar-refractivity contribution is 5.48. The number of benzene rings is 1. The number of likely N-dealkylation sites (N-methyl/N-ethyl adjacent to an activating group) is 1. The molecule has 0 amide bonds. The summed E-state index contributed by atoms with van der Waals surface area (Å²) in [6, 6.07) is 6.36. The molecule has 0 saturated heterocycles. The molecule has 0 bridgehead atoms. The van der Waals surface area contributed by atoms with E-state index < -0.39 is 0 Å². The number of hydrogen-bond acceptors (Lipinski definition) is 2. The SMILES string of the molecule is CCc1cc(CCN(C)C)ccc1N. The molecule has 2 N–H and O–H groups in total. The van der Waals surface area contributed by atoms with Crippen LogP contribution in [0.25, 0.3) is 0 Å². The lowest BCUT2D eigenvalue weighted by molar-refractivity contribution is 0.413. The zero-order valence-electron chi connectivity index (χ0n) is 9.38. The highest BCUT2D eigenvalue weighted by Gasteiger charge is 1.99. The van der Waals surface area contributed by atoms with Crippen LogP contribution in [0.2, 0.25) is 0 Å². The van der Waals surface area contributed by atoms with Gasteiger partial charge in [0.25, 0.3) is 0 Å². The number of nitrogens with zero attached hydrogens (tertiary/aromatic N) is 1. The lowest BCUT2D eigenvalue weighted by atomic mass is 10.0. The molecule has 78 valence electrons. The van der Waals surface area contributed by atoms with Gasteiger partial charge in [0.2, 0.25) is 0 Å². The predicted octanol–water partition coefficient (Wildman–Crippen LogP) is 1.94. The van der Waals surface area contributed by atoms with E-state index in [0.29, 0.717) is 0 Å². The van der Waals surface area contributed by atoms with Crippen molar-refractivity contribution in [1.29, 1.82) is 0 Å². The molecule has 1 aromatic rings. The Bertz CT molecular complexity index is 292. The molecule has 0 radical (unpaired) electrons. The van der Waals surface area contributed by atoms with Gasteiger partial charge in [-0.2, -0.15) is 0 Å². The molecule has 0 aliphatic rings. The average molecular weight is 192 g/mol. The molecule has 0 spiro atoms. The van der Waals surface area contributed by atoms with Gasteiger partial charge in [-0.1, -0.05) is 19.1 Å². The summed E-state index contributed by atoms with van der Waals surface area (Å²) in [5, 5.41) is 0. The molecule has 0 heterocycles. The van der Waals surface area contributed by atoms with Crippen LogP contribution >= 0.6 is 0 Å². The van der Waals surface area contributed by atoms with Crippen molar-refractivity contribution < 1.29 is 0 Å². The number of nitrogen functional groups attached to an aromatic ring is 1. The van der Waals surface area contributed by atoms with Gasteiger partial charge in [-0.25, -0.2) is 0 Å². The number of nitrogens with two attached hydrogens (primary N) is 1. The van der Waals surface area contributed by atoms with Crippen LogP contribution < -0.4 is 5.73 Å². The molecule has 0 aliphatic heterocycles. The molecule has 2 nitrogen and oxygen atoms in total. The van der Waals surface area contributed by atoms with Crippen LogP contribution in [0.4, 0.5) is 5.69 Å². The van der Waals surface area contributed by atoms with Crippen LogP contribution in [0.5, 0.6) is 0 Å². The van der Waals surface area contributed by atoms with E-state index in [4.69, 9.17) is 5.73 Å². The van der Waals surface area contributed by atoms with Crippen molar-refractivity contribution in [3.8, 4) is 0 Å². The van der Waals surface area contributed by atoms with Gasteiger partial charge in [-0.3, -0.25) is 0 Å². The summed E-state index contributed by atoms with van der Waals surface area (Å²) < 4.78 is 0. The van der Waals surface area contributed by atoms with E-state index >= 15 is 0 Å². The third kappa shape index (κ3) is 3.04. The minimum atomic E-state index is 0.918. The number of anilines is 1. The Morgan fingerprint density at radius 3 is 2.57 bits per heavy atom. The van der Waals surface area contributed by atoms with Crippen LogP contribution in [-0.4, -0.2) is 25.5 Å². The first-order valence-electron chi connectivity index (χ1n) is 5.15. The average Bonchev–Trinajstić information content (AvgIpc) is 2.16. The lowest BCUT2D eigenvalue weighted by Crippen LogP contribution is -2.15. The van der Waals surface area contributed by atoms with Crippen LogP contribution in [0.1, 0.15) is 18.1 Å². The van der Waals surface area contributed by atoms with E-state index in [-0.39, 0.29) is 0 Å². The van der Waals surface area contributed by atoms with Gasteiger partial charge in [-0.15, -0.1) is 0 Å². The van der Waals surface area contributed by atoms with Crippen LogP contribution in [0, 0.1) is 0 Å². The van der Waals surface area contributed by atoms with Crippen molar-refractivity contribution in [2.45, 2.75) is 19.8 Å². The molecule has 1 rings (SSSR count). The molecule has 1 aromatic carbocycles. The quantitative estimate of drug-likeness (QED) is 0.739. The van der Waals surface area contributed by atoms with E-state index in [2.05, 4.69) is 38.1 Å². The van der Waals surface area contributed by atoms with Gasteiger partial charge in [0.1, 0.15) is 0 Å². The maximum Gasteiger partial charge on any atom is 0.0346 e. The van der Waals surface area contributed by atoms with Crippen molar-refractivity contribution in [3.05, 3.63) is 29.3 Å². The molecule has 0 unspecified atom stereocenters. The normalized spacial score (nSPS) is 10.9. The Hall–Kier alpha value is -1.02. The lowest BCUT2D eigenvalue weighted by Gasteiger charge is -2.11. The molecule has 0 aromatic heterocycles. The topological polar surface area (TPSA) is 29.3 Å². The van der Waals surface area contributed by atoms with Crippen molar-refractivity contribution >= 4 is 5.69 Å². The molecular weight excluding hydrogens is 172 g/mol. The first-order valence-corrected chi connectivity index (χ1v) is 5.15. The number of rotatable bonds is 4. The highest BCUT2D eigenvalue weighted by Crippen LogP contribution is 2.15. The summed E-state index contributed by atoms with van der Waals surface area (Å²) in [6.07, 6.45) is 2.11. The highest BCUT2D eigenvalue weighted by atomic mass is 15.0. The largest absolute Gasteiger partial charge is 0.399 e. The first kappa shape index (κ1) is 11.1. The molecule has 0 aliphatic carbocycles. The van der Waals surface area contributed by atoms with Crippen LogP contribution in [0.3, 0.4) is 0 Å². The van der Waals surface area contributed by atoms with Gasteiger partial charge < -0.3 is 10.6 Å². The molecule has 14 heavy (non-hydrogen) atoms. The summed E-state index contributed by atoms with van der Waals surface area (Å²) >= 11 is 0. The van der Waals surface area contributed by atoms with E-state index in [1.807, 2.05) is 6.07 Å². The summed E-state index contributed by atoms with van der Waals surface area (Å²) in [7, 11) is 4.19. The summed E-state index contributed by atoms with van der Waals surface area (Å²) in [6.45, 7) is 3.23. The maximum atomic E-state index is 5.85. The fourth-order valence-corrected chi connectivity index (χ4v) is 1.47. The molecule has 2 heteroatoms. The molecule has 0 fully saturated rings. The monoisotopic (exact) mass is 192 g/mol. The van der Waals surface area contributed by atoms with Gasteiger partial charge in [0, 0.05) is 12.2 Å². The number of aryl methyl sites for hydroxylation is 1. The van der Waals surface area contributed by atoms with Crippen LogP contribution in [0.15, 0.2) is 18.2 Å². The second-order valence-electron chi connectivity index (χ2n) is 3.94. The minimum absolute atomic E-state index is 0.918. The second kappa shape index (κ2) is 5.01. The van der Waals surface area contributed by atoms with Crippen molar-refractivity contribution in [2.24, 2.45) is 0 Å². The van der Waals surface area contributed by atoms with E-state index in [9.17, 15) is 0 Å². The molecule has 0 atom stereocenters. The Kier molecular flexibility index (Phi) is 3.96. The zero-order chi connectivity index (χ0) is 10.6. The minimum Gasteiger partial charge on any atom is -0.399 e. The standard InChI is InChI=1S/C12H20N2/c1-4-11-9-10(5-6-12(11)13)7-8-14(2)3/h5-6,9H,4,7-8,13H2,1-3H3. The fraction of sp³-hybridized carbons (Fsp3) is 0.500. The summed E-state index contributed by atoms with van der Waals surface area (Å²) in [5.41, 5.74) is 9.41. The smallest absolute Gasteiger partial charge is 0.0346 e. The Balaban J connectivity index is 2.69. The van der Waals surface area contributed by atoms with E-state index in [0.717, 1.165) is 25.1 Å². The summed E-state index contributed by atoms with van der Waals surface area (Å²) in [4.78, 5) is 2.20. The van der Waals surface area contributed by atoms with Crippen LogP contribution in [-0.2, 0) is 12.8 Å². The van der Waals surface area contributed by atoms with Crippen molar-refractivity contribution in [2.75, 3.05) is 26.4 Å². The maximum absolute atomic E-state index is 5.85. The third-order valence-electron chi connectivity index (χ3n) is 2.44. The Morgan fingerprint density at radius 2 is 2.00 bits per heavy atom. The first-order chi connectivity index (χ1) is 6.63. The Morgan fingerprint density at radius 1 is 1.29 bits per heavy atom. The third-order valence-corrected chi connectivity index (χ3v) is 2.44. The molecular formula is C12H20N2. The van der Waals surface area contributed by atoms with Gasteiger partial charge in [0.05, 0.1) is 0 Å². The predicted molar refractivity (Wildman–Crippen MR) is 62.5 cm³/mol. The Labute approximate surface area is 86.7 Å². The van der Waals surface area contributed by atoms with Gasteiger partial charge >= 0.3 is 0 Å². The fourth-order valence-electron chi connectivity index (χ4n) is 1.47. The van der Waals surface area contributed by atoms with E-state index in [1.165, 1.54) is 11.1 Å². The van der Waals surface area contributed by atoms with Gasteiger partial charge in [0.15, 0.2) is 0 Å². The summed E-state index contributed by atoms with van der Waals surface area (Å²) in [5.74, 6) is 0. The van der Waals surface area contributed by atoms with Gasteiger partial charge in [-0.05, 0) is 44.1 Å². The van der Waals surface area contributed by atoms with Crippen molar-refractivity contribution in [1.82, 2.24) is 4.90 Å². The number of hydrogen-bond donors (Lipinski definition) is 1. The van der Waals surface area contributed by atoms with Crippen molar-refractivity contribution in [3.63, 3.8) is 0 Å². The second-order valence-corrected chi connectivity index (χ2v) is 3.94. The zero-order valence-corrected chi connectivity index (χ0v) is 9.38. The van der Waals surface area contributed by atoms with E-state index in [1.54, 1.807) is 0 Å².